The molecule has 2 amide bonds. The van der Waals surface area contributed by atoms with Gasteiger partial charge >= 0.3 is 0 Å². The normalized spacial score (nSPS) is 13.5. The van der Waals surface area contributed by atoms with Gasteiger partial charge < -0.3 is 9.80 Å². The van der Waals surface area contributed by atoms with Gasteiger partial charge in [-0.15, -0.1) is 0 Å². The summed E-state index contributed by atoms with van der Waals surface area (Å²) in [5, 5.41) is 0. The van der Waals surface area contributed by atoms with Gasteiger partial charge in [0.2, 0.25) is 11.8 Å². The first kappa shape index (κ1) is 21.8. The van der Waals surface area contributed by atoms with Crippen LogP contribution >= 0.6 is 0 Å². The maximum absolute atomic E-state index is 12.9. The molecule has 1 aliphatic rings. The molecule has 0 unspecified atom stereocenters. The molecule has 2 aromatic rings. The Morgan fingerprint density at radius 3 is 2.57 bits per heavy atom. The van der Waals surface area contributed by atoms with Crippen molar-refractivity contribution in [2.75, 3.05) is 22.7 Å². The third-order valence-electron chi connectivity index (χ3n) is 5.24. The molecule has 2 aromatic carbocycles. The molecular formula is C22H27N3O4S. The average molecular weight is 430 g/mol. The molecule has 1 aliphatic heterocycles. The van der Waals surface area contributed by atoms with Crippen LogP contribution in [0.25, 0.3) is 0 Å². The summed E-state index contributed by atoms with van der Waals surface area (Å²) in [4.78, 5) is 27.0. The molecule has 0 radical (unpaired) electrons. The summed E-state index contributed by atoms with van der Waals surface area (Å²) in [5.41, 5.74) is 2.91. The lowest BCUT2D eigenvalue weighted by Gasteiger charge is -2.28. The topological polar surface area (TPSA) is 86.8 Å². The molecule has 160 valence electrons. The monoisotopic (exact) mass is 429 g/mol. The summed E-state index contributed by atoms with van der Waals surface area (Å²) in [6.45, 7) is 6.57. The molecule has 7 nitrogen and oxygen atoms in total. The predicted octanol–water partition coefficient (Wildman–Crippen LogP) is 3.15. The van der Waals surface area contributed by atoms with E-state index in [4.69, 9.17) is 0 Å². The third kappa shape index (κ3) is 4.81. The molecular weight excluding hydrogens is 402 g/mol. The van der Waals surface area contributed by atoms with Crippen LogP contribution in [-0.4, -0.2) is 38.2 Å². The molecule has 8 heteroatoms. The predicted molar refractivity (Wildman–Crippen MR) is 117 cm³/mol. The number of hydrogen-bond donors (Lipinski definition) is 1. The summed E-state index contributed by atoms with van der Waals surface area (Å²) < 4.78 is 28.5. The number of benzene rings is 2. The van der Waals surface area contributed by atoms with E-state index < -0.39 is 10.0 Å². The highest BCUT2D eigenvalue weighted by molar-refractivity contribution is 7.92. The van der Waals surface area contributed by atoms with Crippen molar-refractivity contribution >= 4 is 33.2 Å². The Balaban J connectivity index is 1.83. The molecule has 1 heterocycles. The lowest BCUT2D eigenvalue weighted by molar-refractivity contribution is -0.129. The number of sulfonamides is 1. The SMILES string of the molecule is CCN(Cc1cccc(NS(=O)(=O)c2ccc3c(c2)CCCN3C(C)=O)c1)C(C)=O. The lowest BCUT2D eigenvalue weighted by Crippen LogP contribution is -2.33. The summed E-state index contributed by atoms with van der Waals surface area (Å²) in [7, 11) is -3.79. The number of rotatable bonds is 6. The second-order valence-corrected chi connectivity index (χ2v) is 9.09. The van der Waals surface area contributed by atoms with Gasteiger partial charge in [0.25, 0.3) is 10.0 Å². The van der Waals surface area contributed by atoms with Gasteiger partial charge in [-0.05, 0) is 61.2 Å². The van der Waals surface area contributed by atoms with Gasteiger partial charge in [0.05, 0.1) is 4.90 Å². The Kier molecular flexibility index (Phi) is 6.45. The Morgan fingerprint density at radius 2 is 1.90 bits per heavy atom. The Hall–Kier alpha value is -2.87. The molecule has 0 aromatic heterocycles. The number of carbonyl (C=O) groups excluding carboxylic acids is 2. The van der Waals surface area contributed by atoms with Gasteiger partial charge in [-0.25, -0.2) is 8.42 Å². The number of fused-ring (bicyclic) bond motifs is 1. The first-order valence-corrected chi connectivity index (χ1v) is 11.5. The van der Waals surface area contributed by atoms with Crippen molar-refractivity contribution in [3.8, 4) is 0 Å². The van der Waals surface area contributed by atoms with E-state index in [9.17, 15) is 18.0 Å². The van der Waals surface area contributed by atoms with Crippen molar-refractivity contribution in [3.05, 3.63) is 53.6 Å². The fourth-order valence-corrected chi connectivity index (χ4v) is 4.78. The largest absolute Gasteiger partial charge is 0.339 e. The van der Waals surface area contributed by atoms with Gasteiger partial charge in [-0.2, -0.15) is 0 Å². The minimum absolute atomic E-state index is 0.0304. The molecule has 0 saturated heterocycles. The van der Waals surface area contributed by atoms with Crippen LogP contribution in [0.15, 0.2) is 47.4 Å². The average Bonchev–Trinajstić information content (AvgIpc) is 2.70. The highest BCUT2D eigenvalue weighted by Crippen LogP contribution is 2.30. The fraction of sp³-hybridized carbons (Fsp3) is 0.364. The van der Waals surface area contributed by atoms with Crippen molar-refractivity contribution in [2.45, 2.75) is 45.1 Å². The van der Waals surface area contributed by atoms with Crippen LogP contribution in [0.2, 0.25) is 0 Å². The van der Waals surface area contributed by atoms with Gasteiger partial charge in [0.15, 0.2) is 0 Å². The first-order chi connectivity index (χ1) is 14.2. The highest BCUT2D eigenvalue weighted by atomic mass is 32.2. The number of aryl methyl sites for hydroxylation is 1. The van der Waals surface area contributed by atoms with Crippen LogP contribution in [-0.2, 0) is 32.6 Å². The first-order valence-electron chi connectivity index (χ1n) is 9.99. The van der Waals surface area contributed by atoms with Gasteiger partial charge in [-0.3, -0.25) is 14.3 Å². The van der Waals surface area contributed by atoms with Crippen molar-refractivity contribution in [3.63, 3.8) is 0 Å². The second-order valence-electron chi connectivity index (χ2n) is 7.40. The standard InChI is InChI=1S/C22H27N3O4S/c1-4-24(16(2)26)15-18-7-5-9-20(13-18)23-30(28,29)21-10-11-22-19(14-21)8-6-12-25(22)17(3)27/h5,7,9-11,13-14,23H,4,6,8,12,15H2,1-3H3. The molecule has 1 N–H and O–H groups in total. The molecule has 0 spiro atoms. The van der Waals surface area contributed by atoms with E-state index in [1.165, 1.54) is 19.9 Å². The Bertz CT molecular complexity index is 1070. The van der Waals surface area contributed by atoms with Crippen molar-refractivity contribution in [1.29, 1.82) is 0 Å². The molecule has 3 rings (SSSR count). The van der Waals surface area contributed by atoms with E-state index in [1.807, 2.05) is 13.0 Å². The second kappa shape index (κ2) is 8.87. The van der Waals surface area contributed by atoms with E-state index in [0.29, 0.717) is 25.3 Å². The van der Waals surface area contributed by atoms with Crippen LogP contribution in [0.4, 0.5) is 11.4 Å². The van der Waals surface area contributed by atoms with E-state index in [1.54, 1.807) is 40.1 Å². The van der Waals surface area contributed by atoms with E-state index in [0.717, 1.165) is 29.7 Å². The third-order valence-corrected chi connectivity index (χ3v) is 6.62. The van der Waals surface area contributed by atoms with Crippen LogP contribution in [0, 0.1) is 0 Å². The molecule has 0 saturated carbocycles. The minimum atomic E-state index is -3.79. The number of hydrogen-bond acceptors (Lipinski definition) is 4. The maximum atomic E-state index is 12.9. The van der Waals surface area contributed by atoms with Crippen LogP contribution < -0.4 is 9.62 Å². The van der Waals surface area contributed by atoms with E-state index in [2.05, 4.69) is 4.72 Å². The van der Waals surface area contributed by atoms with Crippen molar-refractivity contribution < 1.29 is 18.0 Å². The zero-order chi connectivity index (χ0) is 21.9. The van der Waals surface area contributed by atoms with Gasteiger partial charge in [-0.1, -0.05) is 12.1 Å². The highest BCUT2D eigenvalue weighted by Gasteiger charge is 2.23. The van der Waals surface area contributed by atoms with Crippen molar-refractivity contribution in [1.82, 2.24) is 4.90 Å². The number of nitrogens with zero attached hydrogens (tertiary/aromatic N) is 2. The van der Waals surface area contributed by atoms with Crippen LogP contribution in [0.1, 0.15) is 38.3 Å². The number of carbonyl (C=O) groups is 2. The van der Waals surface area contributed by atoms with E-state index >= 15 is 0 Å². The van der Waals surface area contributed by atoms with Crippen LogP contribution in [0.5, 0.6) is 0 Å². The molecule has 0 aliphatic carbocycles. The van der Waals surface area contributed by atoms with Gasteiger partial charge in [0.1, 0.15) is 0 Å². The minimum Gasteiger partial charge on any atom is -0.339 e. The summed E-state index contributed by atoms with van der Waals surface area (Å²) in [6.07, 6.45) is 1.53. The molecule has 0 bridgehead atoms. The Morgan fingerprint density at radius 1 is 1.13 bits per heavy atom. The maximum Gasteiger partial charge on any atom is 0.261 e. The zero-order valence-electron chi connectivity index (χ0n) is 17.5. The van der Waals surface area contributed by atoms with Gasteiger partial charge in [0, 0.05) is 44.9 Å². The number of nitrogens with one attached hydrogen (secondary N) is 1. The summed E-state index contributed by atoms with van der Waals surface area (Å²) >= 11 is 0. The molecule has 0 fully saturated rings. The van der Waals surface area contributed by atoms with Crippen LogP contribution in [0.3, 0.4) is 0 Å². The summed E-state index contributed by atoms with van der Waals surface area (Å²) in [5.74, 6) is -0.0784. The quantitative estimate of drug-likeness (QED) is 0.764. The smallest absolute Gasteiger partial charge is 0.261 e. The molecule has 30 heavy (non-hydrogen) atoms. The number of amides is 2. The molecule has 0 atom stereocenters. The Labute approximate surface area is 177 Å². The van der Waals surface area contributed by atoms with E-state index in [-0.39, 0.29) is 16.7 Å². The fourth-order valence-electron chi connectivity index (χ4n) is 3.68. The number of anilines is 2. The zero-order valence-corrected chi connectivity index (χ0v) is 18.3. The van der Waals surface area contributed by atoms with Crippen molar-refractivity contribution in [2.24, 2.45) is 0 Å². The lowest BCUT2D eigenvalue weighted by atomic mass is 10.0. The summed E-state index contributed by atoms with van der Waals surface area (Å²) in [6, 6.07) is 11.9.